The number of nitrogens with zero attached hydrogens (tertiary/aromatic N) is 3. The highest BCUT2D eigenvalue weighted by atomic mass is 127. The molecule has 0 radical (unpaired) electrons. The van der Waals surface area contributed by atoms with Gasteiger partial charge in [-0.3, -0.25) is 4.90 Å². The molecule has 1 aromatic rings. The van der Waals surface area contributed by atoms with Gasteiger partial charge in [0.2, 0.25) is 0 Å². The van der Waals surface area contributed by atoms with Gasteiger partial charge in [0, 0.05) is 59.5 Å². The third-order valence-electron chi connectivity index (χ3n) is 4.61. The van der Waals surface area contributed by atoms with Gasteiger partial charge >= 0.3 is 0 Å². The van der Waals surface area contributed by atoms with Gasteiger partial charge in [0.05, 0.1) is 6.54 Å². The van der Waals surface area contributed by atoms with E-state index in [4.69, 9.17) is 4.74 Å². The molecule has 1 saturated heterocycles. The van der Waals surface area contributed by atoms with Crippen LogP contribution in [0.2, 0.25) is 0 Å². The maximum absolute atomic E-state index is 5.08. The Morgan fingerprint density at radius 3 is 2.37 bits per heavy atom. The molecule has 27 heavy (non-hydrogen) atoms. The number of piperazine rings is 1. The van der Waals surface area contributed by atoms with Crippen LogP contribution in [0.1, 0.15) is 24.5 Å². The van der Waals surface area contributed by atoms with Crippen LogP contribution in [0.15, 0.2) is 29.3 Å². The molecule has 0 amide bonds. The predicted octanol–water partition coefficient (Wildman–Crippen LogP) is 2.14. The van der Waals surface area contributed by atoms with Crippen LogP contribution in [0.25, 0.3) is 0 Å². The molecule has 0 spiro atoms. The van der Waals surface area contributed by atoms with Crippen molar-refractivity contribution in [2.75, 3.05) is 60.0 Å². The molecule has 0 aliphatic carbocycles. The van der Waals surface area contributed by atoms with Crippen molar-refractivity contribution in [2.45, 2.75) is 26.4 Å². The molecular weight excluding hydrogens is 453 g/mol. The predicted molar refractivity (Wildman–Crippen MR) is 124 cm³/mol. The summed E-state index contributed by atoms with van der Waals surface area (Å²) in [6.07, 6.45) is 0.974. The van der Waals surface area contributed by atoms with E-state index in [1.54, 1.807) is 7.11 Å². The Morgan fingerprint density at radius 2 is 1.74 bits per heavy atom. The quantitative estimate of drug-likeness (QED) is 0.241. The van der Waals surface area contributed by atoms with Crippen molar-refractivity contribution < 1.29 is 4.74 Å². The average Bonchev–Trinajstić information content (AvgIpc) is 2.66. The summed E-state index contributed by atoms with van der Waals surface area (Å²) in [5.74, 6) is 0.866. The first kappa shape index (κ1) is 24.1. The highest BCUT2D eigenvalue weighted by Crippen LogP contribution is 2.10. The fourth-order valence-corrected chi connectivity index (χ4v) is 2.95. The number of guanidine groups is 1. The van der Waals surface area contributed by atoms with E-state index < -0.39 is 0 Å². The van der Waals surface area contributed by atoms with Gasteiger partial charge in [0.25, 0.3) is 0 Å². The average molecular weight is 489 g/mol. The van der Waals surface area contributed by atoms with Crippen molar-refractivity contribution in [3.05, 3.63) is 35.4 Å². The van der Waals surface area contributed by atoms with Gasteiger partial charge in [-0.15, -0.1) is 24.0 Å². The SMILES string of the molecule is CCNC(=NCc1ccc(CN2CCN(C)CC2)cc1)NCCCOC.I. The summed E-state index contributed by atoms with van der Waals surface area (Å²) < 4.78 is 5.08. The number of hydrogen-bond acceptors (Lipinski definition) is 4. The summed E-state index contributed by atoms with van der Waals surface area (Å²) in [6.45, 7) is 10.9. The zero-order valence-corrected chi connectivity index (χ0v) is 19.4. The first-order valence-electron chi connectivity index (χ1n) is 9.71. The van der Waals surface area contributed by atoms with E-state index in [-0.39, 0.29) is 24.0 Å². The molecule has 0 atom stereocenters. The normalized spacial score (nSPS) is 16.0. The first-order chi connectivity index (χ1) is 12.7. The number of benzene rings is 1. The smallest absolute Gasteiger partial charge is 0.191 e. The standard InChI is InChI=1S/C20H35N5O.HI/c1-4-21-20(22-10-5-15-26-3)23-16-18-6-8-19(9-7-18)17-25-13-11-24(2)12-14-25;/h6-9H,4-5,10-17H2,1-3H3,(H2,21,22,23);1H. The number of halogens is 1. The highest BCUT2D eigenvalue weighted by molar-refractivity contribution is 14.0. The lowest BCUT2D eigenvalue weighted by Crippen LogP contribution is -2.43. The summed E-state index contributed by atoms with van der Waals surface area (Å²) in [5.41, 5.74) is 2.62. The molecule has 1 fully saturated rings. The molecule has 0 bridgehead atoms. The highest BCUT2D eigenvalue weighted by Gasteiger charge is 2.13. The van der Waals surface area contributed by atoms with Crippen molar-refractivity contribution in [3.8, 4) is 0 Å². The van der Waals surface area contributed by atoms with Gasteiger partial charge in [-0.25, -0.2) is 4.99 Å². The van der Waals surface area contributed by atoms with Crippen molar-refractivity contribution in [1.29, 1.82) is 0 Å². The minimum Gasteiger partial charge on any atom is -0.385 e. The van der Waals surface area contributed by atoms with Crippen LogP contribution in [-0.2, 0) is 17.8 Å². The van der Waals surface area contributed by atoms with Crippen LogP contribution in [0.4, 0.5) is 0 Å². The van der Waals surface area contributed by atoms with Crippen molar-refractivity contribution in [1.82, 2.24) is 20.4 Å². The monoisotopic (exact) mass is 489 g/mol. The third-order valence-corrected chi connectivity index (χ3v) is 4.61. The number of aliphatic imine (C=N–C) groups is 1. The number of nitrogens with one attached hydrogen (secondary N) is 2. The van der Waals surface area contributed by atoms with Gasteiger partial charge < -0.3 is 20.3 Å². The lowest BCUT2D eigenvalue weighted by molar-refractivity contribution is 0.148. The Kier molecular flexibility index (Phi) is 12.6. The van der Waals surface area contributed by atoms with E-state index in [2.05, 4.69) is 63.7 Å². The fraction of sp³-hybridized carbons (Fsp3) is 0.650. The molecule has 2 rings (SSSR count). The molecule has 1 heterocycles. The van der Waals surface area contributed by atoms with Crippen molar-refractivity contribution in [3.63, 3.8) is 0 Å². The summed E-state index contributed by atoms with van der Waals surface area (Å²) in [5, 5.41) is 6.63. The molecule has 0 unspecified atom stereocenters. The second-order valence-electron chi connectivity index (χ2n) is 6.86. The topological polar surface area (TPSA) is 52.1 Å². The third kappa shape index (κ3) is 9.73. The van der Waals surface area contributed by atoms with Crippen molar-refractivity contribution >= 4 is 29.9 Å². The van der Waals surface area contributed by atoms with E-state index >= 15 is 0 Å². The van der Waals surface area contributed by atoms with Crippen molar-refractivity contribution in [2.24, 2.45) is 4.99 Å². The lowest BCUT2D eigenvalue weighted by atomic mass is 10.1. The van der Waals surface area contributed by atoms with Gasteiger partial charge in [-0.1, -0.05) is 24.3 Å². The first-order valence-corrected chi connectivity index (χ1v) is 9.71. The van der Waals surface area contributed by atoms with E-state index in [1.807, 2.05) is 0 Å². The summed E-state index contributed by atoms with van der Waals surface area (Å²) in [7, 11) is 3.92. The Hall–Kier alpha value is -0.900. The van der Waals surface area contributed by atoms with Crippen LogP contribution in [0.5, 0.6) is 0 Å². The van der Waals surface area contributed by atoms with Crippen LogP contribution in [0.3, 0.4) is 0 Å². The number of ether oxygens (including phenoxy) is 1. The largest absolute Gasteiger partial charge is 0.385 e. The molecule has 1 aliphatic rings. The maximum atomic E-state index is 5.08. The zero-order chi connectivity index (χ0) is 18.6. The molecule has 7 heteroatoms. The number of methoxy groups -OCH3 is 1. The summed E-state index contributed by atoms with van der Waals surface area (Å²) in [4.78, 5) is 9.59. The van der Waals surface area contributed by atoms with Gasteiger partial charge in [0.15, 0.2) is 5.96 Å². The molecule has 2 N–H and O–H groups in total. The van der Waals surface area contributed by atoms with E-state index in [9.17, 15) is 0 Å². The Balaban J connectivity index is 0.00000364. The fourth-order valence-electron chi connectivity index (χ4n) is 2.95. The minimum absolute atomic E-state index is 0. The van der Waals surface area contributed by atoms with E-state index in [0.29, 0.717) is 6.54 Å². The summed E-state index contributed by atoms with van der Waals surface area (Å²) >= 11 is 0. The molecule has 154 valence electrons. The van der Waals surface area contributed by atoms with Crippen LogP contribution < -0.4 is 10.6 Å². The van der Waals surface area contributed by atoms with Crippen LogP contribution in [-0.4, -0.2) is 75.8 Å². The Morgan fingerprint density at radius 1 is 1.07 bits per heavy atom. The molecule has 1 aromatic carbocycles. The number of rotatable bonds is 9. The lowest BCUT2D eigenvalue weighted by Gasteiger charge is -2.32. The van der Waals surface area contributed by atoms with E-state index in [0.717, 1.165) is 64.8 Å². The minimum atomic E-state index is 0. The van der Waals surface area contributed by atoms with Crippen LogP contribution in [0, 0.1) is 0 Å². The molecule has 0 aromatic heterocycles. The second-order valence-corrected chi connectivity index (χ2v) is 6.86. The molecule has 1 aliphatic heterocycles. The number of hydrogen-bond donors (Lipinski definition) is 2. The maximum Gasteiger partial charge on any atom is 0.191 e. The molecule has 0 saturated carbocycles. The van der Waals surface area contributed by atoms with Gasteiger partial charge in [0.1, 0.15) is 0 Å². The van der Waals surface area contributed by atoms with Crippen LogP contribution >= 0.6 is 24.0 Å². The Bertz CT molecular complexity index is 530. The Labute approximate surface area is 181 Å². The van der Waals surface area contributed by atoms with E-state index in [1.165, 1.54) is 11.1 Å². The molecule has 6 nitrogen and oxygen atoms in total. The number of likely N-dealkylation sites (N-methyl/N-ethyl adjacent to an activating group) is 1. The second kappa shape index (κ2) is 14.1. The zero-order valence-electron chi connectivity index (χ0n) is 17.0. The summed E-state index contributed by atoms with van der Waals surface area (Å²) in [6, 6.07) is 8.87. The molecular formula is C20H36IN5O. The van der Waals surface area contributed by atoms with Gasteiger partial charge in [-0.2, -0.15) is 0 Å². The van der Waals surface area contributed by atoms with Gasteiger partial charge in [-0.05, 0) is 31.5 Å².